The van der Waals surface area contributed by atoms with Crippen LogP contribution in [0.2, 0.25) is 0 Å². The number of para-hydroxylation sites is 1. The minimum atomic E-state index is -0.812. The third-order valence-corrected chi connectivity index (χ3v) is 7.86. The van der Waals surface area contributed by atoms with E-state index in [1.54, 1.807) is 45.2 Å². The van der Waals surface area contributed by atoms with Crippen molar-refractivity contribution in [3.63, 3.8) is 0 Å². The first kappa shape index (κ1) is 28.0. The number of hydrogen-bond acceptors (Lipinski definition) is 7. The molecule has 4 aromatic rings. The third-order valence-electron chi connectivity index (χ3n) is 7.86. The van der Waals surface area contributed by atoms with E-state index in [9.17, 15) is 19.5 Å². The van der Waals surface area contributed by atoms with Gasteiger partial charge in [-0.05, 0) is 29.3 Å². The molecule has 2 atom stereocenters. The van der Waals surface area contributed by atoms with E-state index >= 15 is 0 Å². The number of urea groups is 1. The van der Waals surface area contributed by atoms with Gasteiger partial charge in [-0.15, -0.1) is 6.58 Å². The average molecular weight is 581 g/mol. The number of aromatic nitrogens is 1. The van der Waals surface area contributed by atoms with Crippen LogP contribution in [0.4, 0.5) is 4.79 Å². The normalized spacial score (nSPS) is 18.6. The molecule has 0 unspecified atom stereocenters. The van der Waals surface area contributed by atoms with Crippen LogP contribution in [-0.4, -0.2) is 79.6 Å². The highest BCUT2D eigenvalue weighted by Gasteiger charge is 2.52. The van der Waals surface area contributed by atoms with Crippen LogP contribution < -0.4 is 5.32 Å². The van der Waals surface area contributed by atoms with Gasteiger partial charge >= 0.3 is 6.03 Å². The average Bonchev–Trinajstić information content (AvgIpc) is 3.63. The molecular weight excluding hydrogens is 548 g/mol. The van der Waals surface area contributed by atoms with Crippen molar-refractivity contribution in [1.82, 2.24) is 30.1 Å². The van der Waals surface area contributed by atoms with Crippen LogP contribution in [0.25, 0.3) is 11.1 Å². The van der Waals surface area contributed by atoms with Gasteiger partial charge in [-0.3, -0.25) is 14.6 Å². The molecule has 2 fully saturated rings. The number of hydrogen-bond donors (Lipinski definition) is 2. The largest absolute Gasteiger partial charge is 0.508 e. The number of piperazine rings is 1. The van der Waals surface area contributed by atoms with E-state index in [-0.39, 0.29) is 56.2 Å². The second kappa shape index (κ2) is 12.0. The summed E-state index contributed by atoms with van der Waals surface area (Å²) >= 11 is 0. The highest BCUT2D eigenvalue weighted by molar-refractivity contribution is 5.92. The fraction of sp³-hybridized carbons (Fsp3) is 0.250. The molecule has 6 rings (SSSR count). The Bertz CT molecular complexity index is 1640. The van der Waals surface area contributed by atoms with Crippen molar-refractivity contribution in [3.05, 3.63) is 109 Å². The number of oxazole rings is 1. The predicted octanol–water partition coefficient (Wildman–Crippen LogP) is 3.27. The molecule has 11 nitrogen and oxygen atoms in total. The Balaban J connectivity index is 1.31. The van der Waals surface area contributed by atoms with Crippen molar-refractivity contribution in [2.75, 3.05) is 19.6 Å². The predicted molar refractivity (Wildman–Crippen MR) is 158 cm³/mol. The van der Waals surface area contributed by atoms with Crippen molar-refractivity contribution in [3.8, 4) is 5.75 Å². The maximum atomic E-state index is 14.1. The topological polar surface area (TPSA) is 122 Å². The smallest absolute Gasteiger partial charge is 0.332 e. The van der Waals surface area contributed by atoms with E-state index in [0.29, 0.717) is 17.6 Å². The van der Waals surface area contributed by atoms with Gasteiger partial charge in [0.25, 0.3) is 0 Å². The monoisotopic (exact) mass is 580 g/mol. The van der Waals surface area contributed by atoms with Gasteiger partial charge in [-0.25, -0.2) is 9.78 Å². The fourth-order valence-electron chi connectivity index (χ4n) is 5.81. The summed E-state index contributed by atoms with van der Waals surface area (Å²) in [6.07, 6.45) is 2.64. The maximum absolute atomic E-state index is 14.1. The fourth-order valence-corrected chi connectivity index (χ4v) is 5.81. The third kappa shape index (κ3) is 5.67. The zero-order valence-electron chi connectivity index (χ0n) is 23.5. The summed E-state index contributed by atoms with van der Waals surface area (Å²) in [5, 5.41) is 15.9. The van der Waals surface area contributed by atoms with Crippen LogP contribution in [0.1, 0.15) is 16.7 Å². The SMILES string of the molecule is C=CCN(C(=O)NCc1ccccc1)N1CC(=O)N2[C@@H](Cc3ccc(O)cc3)C(=O)N(Cc3cccc4ncoc34)C[C@@H]21. The van der Waals surface area contributed by atoms with Crippen LogP contribution in [0.15, 0.2) is 96.3 Å². The first-order valence-corrected chi connectivity index (χ1v) is 14.1. The molecule has 0 spiro atoms. The van der Waals surface area contributed by atoms with Crippen LogP contribution in [0.5, 0.6) is 5.75 Å². The number of benzene rings is 3. The van der Waals surface area contributed by atoms with Crippen LogP contribution >= 0.6 is 0 Å². The summed E-state index contributed by atoms with van der Waals surface area (Å²) in [6, 6.07) is 20.6. The van der Waals surface area contributed by atoms with Crippen LogP contribution in [-0.2, 0) is 29.1 Å². The molecule has 2 aliphatic rings. The first-order chi connectivity index (χ1) is 20.9. The number of phenolic OH excluding ortho intramolecular Hbond substituents is 1. The van der Waals surface area contributed by atoms with Crippen molar-refractivity contribution in [2.24, 2.45) is 0 Å². The molecule has 0 bridgehead atoms. The number of aromatic hydroxyl groups is 1. The molecule has 3 heterocycles. The highest BCUT2D eigenvalue weighted by atomic mass is 16.3. The summed E-state index contributed by atoms with van der Waals surface area (Å²) in [4.78, 5) is 48.7. The quantitative estimate of drug-likeness (QED) is 0.292. The molecule has 2 saturated heterocycles. The van der Waals surface area contributed by atoms with Crippen LogP contribution in [0.3, 0.4) is 0 Å². The lowest BCUT2D eigenvalue weighted by Crippen LogP contribution is -2.66. The highest BCUT2D eigenvalue weighted by Crippen LogP contribution is 2.31. The van der Waals surface area contributed by atoms with E-state index in [4.69, 9.17) is 4.42 Å². The molecule has 0 aliphatic carbocycles. The molecule has 3 aromatic carbocycles. The number of phenols is 1. The Morgan fingerprint density at radius 1 is 1.07 bits per heavy atom. The lowest BCUT2D eigenvalue weighted by molar-refractivity contribution is -0.157. The number of amides is 4. The zero-order chi connectivity index (χ0) is 29.9. The number of carbonyl (C=O) groups is 3. The minimum Gasteiger partial charge on any atom is -0.508 e. The second-order valence-electron chi connectivity index (χ2n) is 10.6. The Labute approximate surface area is 248 Å². The number of carbonyl (C=O) groups excluding carboxylic acids is 3. The van der Waals surface area contributed by atoms with Crippen molar-refractivity contribution >= 4 is 28.9 Å². The van der Waals surface area contributed by atoms with Crippen molar-refractivity contribution in [1.29, 1.82) is 0 Å². The van der Waals surface area contributed by atoms with Crippen molar-refractivity contribution in [2.45, 2.75) is 31.7 Å². The minimum absolute atomic E-state index is 0.0673. The van der Waals surface area contributed by atoms with Gasteiger partial charge < -0.3 is 24.6 Å². The molecule has 0 radical (unpaired) electrons. The Kier molecular flexibility index (Phi) is 7.80. The van der Waals surface area contributed by atoms with E-state index in [1.165, 1.54) is 11.4 Å². The number of nitrogens with one attached hydrogen (secondary N) is 1. The molecule has 2 aliphatic heterocycles. The maximum Gasteiger partial charge on any atom is 0.332 e. The number of hydrazine groups is 1. The zero-order valence-corrected chi connectivity index (χ0v) is 23.5. The van der Waals surface area contributed by atoms with E-state index < -0.39 is 12.2 Å². The van der Waals surface area contributed by atoms with E-state index in [0.717, 1.165) is 16.7 Å². The number of rotatable bonds is 9. The van der Waals surface area contributed by atoms with Gasteiger partial charge in [0, 0.05) is 25.1 Å². The van der Waals surface area contributed by atoms with Gasteiger partial charge in [0.05, 0.1) is 19.6 Å². The van der Waals surface area contributed by atoms with Gasteiger partial charge in [0.2, 0.25) is 11.8 Å². The van der Waals surface area contributed by atoms with Gasteiger partial charge in [-0.1, -0.05) is 60.7 Å². The number of nitrogens with zero attached hydrogens (tertiary/aromatic N) is 5. The molecule has 4 amide bonds. The first-order valence-electron chi connectivity index (χ1n) is 14.1. The molecule has 2 N–H and O–H groups in total. The Morgan fingerprint density at radius 2 is 1.86 bits per heavy atom. The Morgan fingerprint density at radius 3 is 2.63 bits per heavy atom. The lowest BCUT2D eigenvalue weighted by atomic mass is 9.99. The van der Waals surface area contributed by atoms with E-state index in [1.807, 2.05) is 48.5 Å². The van der Waals surface area contributed by atoms with Crippen molar-refractivity contribution < 1.29 is 23.9 Å². The second-order valence-corrected chi connectivity index (χ2v) is 10.6. The van der Waals surface area contributed by atoms with E-state index in [2.05, 4.69) is 16.9 Å². The molecule has 0 saturated carbocycles. The van der Waals surface area contributed by atoms with Gasteiger partial charge in [0.15, 0.2) is 12.0 Å². The molecule has 1 aromatic heterocycles. The summed E-state index contributed by atoms with van der Waals surface area (Å²) < 4.78 is 5.63. The summed E-state index contributed by atoms with van der Waals surface area (Å²) in [6.45, 7) is 4.68. The summed E-state index contributed by atoms with van der Waals surface area (Å²) in [5.74, 6) is -0.340. The Hall–Kier alpha value is -5.16. The number of fused-ring (bicyclic) bond motifs is 2. The standard InChI is InChI=1S/C32H32N6O5/c1-2-15-36(32(42)33-17-23-7-4-3-5-8-23)37-20-29(40)38-27(16-22-11-13-25(39)14-12-22)31(41)35(19-28(37)38)18-24-9-6-10-26-30(24)43-21-34-26/h2-14,21,27-28,39H,1,15-20H2,(H,33,42)/t27-,28+/m0/s1. The van der Waals surface area contributed by atoms with Crippen LogP contribution in [0, 0.1) is 0 Å². The summed E-state index contributed by atoms with van der Waals surface area (Å²) in [5.41, 5.74) is 3.82. The molecule has 11 heteroatoms. The lowest BCUT2D eigenvalue weighted by Gasteiger charge is -2.46. The molecule has 43 heavy (non-hydrogen) atoms. The molecular formula is C32H32N6O5. The molecule has 220 valence electrons. The van der Waals surface area contributed by atoms with Gasteiger partial charge in [-0.2, -0.15) is 5.01 Å². The van der Waals surface area contributed by atoms with Gasteiger partial charge in [0.1, 0.15) is 23.5 Å². The summed E-state index contributed by atoms with van der Waals surface area (Å²) in [7, 11) is 0.